The summed E-state index contributed by atoms with van der Waals surface area (Å²) in [6.45, 7) is 2.72. The molecular weight excluding hydrogens is 250 g/mol. The molecule has 1 aliphatic rings. The summed E-state index contributed by atoms with van der Waals surface area (Å²) in [5, 5.41) is 10.4. The van der Waals surface area contributed by atoms with Crippen molar-refractivity contribution in [3.8, 4) is 5.75 Å². The molecule has 104 valence electrons. The molecule has 2 atom stereocenters. The normalized spacial score (nSPS) is 19.0. The lowest BCUT2D eigenvalue weighted by Gasteiger charge is -2.27. The molecule has 0 radical (unpaired) electrons. The predicted octanol–water partition coefficient (Wildman–Crippen LogP) is 3.38. The summed E-state index contributed by atoms with van der Waals surface area (Å²) in [6.07, 6.45) is 2.92. The highest BCUT2D eigenvalue weighted by atomic mass is 16.5. The van der Waals surface area contributed by atoms with Crippen molar-refractivity contribution in [1.29, 1.82) is 0 Å². The van der Waals surface area contributed by atoms with Crippen LogP contribution in [0.1, 0.15) is 41.7 Å². The topological polar surface area (TPSA) is 42.4 Å². The number of aryl methyl sites for hydroxylation is 1. The fraction of sp³-hybridized carbons (Fsp3) is 0.353. The summed E-state index contributed by atoms with van der Waals surface area (Å²) < 4.78 is 5.66. The first-order valence-electron chi connectivity index (χ1n) is 7.06. The van der Waals surface area contributed by atoms with Crippen molar-refractivity contribution in [1.82, 2.24) is 4.98 Å². The second kappa shape index (κ2) is 5.63. The van der Waals surface area contributed by atoms with Crippen molar-refractivity contribution in [2.45, 2.75) is 31.8 Å². The maximum Gasteiger partial charge on any atom is 0.122 e. The number of ether oxygens (including phenoxy) is 1. The van der Waals surface area contributed by atoms with Gasteiger partial charge in [0.25, 0.3) is 0 Å². The molecule has 1 aliphatic heterocycles. The molecule has 2 aromatic rings. The van der Waals surface area contributed by atoms with Gasteiger partial charge in [0.2, 0.25) is 0 Å². The second-order valence-corrected chi connectivity index (χ2v) is 5.38. The number of aromatic nitrogens is 1. The average Bonchev–Trinajstić information content (AvgIpc) is 2.48. The first-order valence-corrected chi connectivity index (χ1v) is 7.06. The minimum absolute atomic E-state index is 0.332. The first kappa shape index (κ1) is 13.1. The standard InChI is InChI=1S/C17H19NO2/c1-12-6-7-15(18-11-12)16(19)10-13-8-9-20-17-5-3-2-4-14(13)17/h2-7,11,13,16,19H,8-10H2,1H3. The van der Waals surface area contributed by atoms with Gasteiger partial charge in [0.05, 0.1) is 18.4 Å². The van der Waals surface area contributed by atoms with E-state index in [9.17, 15) is 5.11 Å². The van der Waals surface area contributed by atoms with E-state index in [2.05, 4.69) is 11.1 Å². The molecule has 0 fully saturated rings. The van der Waals surface area contributed by atoms with Gasteiger partial charge in [0.15, 0.2) is 0 Å². The third-order valence-corrected chi connectivity index (χ3v) is 3.87. The highest BCUT2D eigenvalue weighted by Gasteiger charge is 2.24. The van der Waals surface area contributed by atoms with Crippen LogP contribution in [0.4, 0.5) is 0 Å². The number of para-hydroxylation sites is 1. The number of benzene rings is 1. The van der Waals surface area contributed by atoms with Crippen molar-refractivity contribution in [3.05, 3.63) is 59.4 Å². The molecule has 0 amide bonds. The fourth-order valence-electron chi connectivity index (χ4n) is 2.73. The quantitative estimate of drug-likeness (QED) is 0.928. The van der Waals surface area contributed by atoms with Gasteiger partial charge in [0.1, 0.15) is 5.75 Å². The summed E-state index contributed by atoms with van der Waals surface area (Å²) in [5.41, 5.74) is 3.06. The molecule has 1 N–H and O–H groups in total. The molecular formula is C17H19NO2. The van der Waals surface area contributed by atoms with Crippen LogP contribution in [0.15, 0.2) is 42.6 Å². The van der Waals surface area contributed by atoms with Gasteiger partial charge in [0, 0.05) is 6.20 Å². The fourth-order valence-corrected chi connectivity index (χ4v) is 2.73. The van der Waals surface area contributed by atoms with Crippen LogP contribution in [-0.4, -0.2) is 16.7 Å². The van der Waals surface area contributed by atoms with Crippen LogP contribution in [0.5, 0.6) is 5.75 Å². The number of hydrogen-bond acceptors (Lipinski definition) is 3. The van der Waals surface area contributed by atoms with Crippen LogP contribution in [0, 0.1) is 6.92 Å². The van der Waals surface area contributed by atoms with Gasteiger partial charge in [-0.2, -0.15) is 0 Å². The Kier molecular flexibility index (Phi) is 3.70. The lowest BCUT2D eigenvalue weighted by atomic mass is 9.87. The maximum atomic E-state index is 10.4. The van der Waals surface area contributed by atoms with Gasteiger partial charge >= 0.3 is 0 Å². The van der Waals surface area contributed by atoms with E-state index in [1.165, 1.54) is 5.56 Å². The number of aliphatic hydroxyl groups excluding tert-OH is 1. The number of nitrogens with zero attached hydrogens (tertiary/aromatic N) is 1. The Morgan fingerprint density at radius 3 is 2.95 bits per heavy atom. The Morgan fingerprint density at radius 2 is 2.15 bits per heavy atom. The summed E-state index contributed by atoms with van der Waals surface area (Å²) in [6, 6.07) is 12.0. The van der Waals surface area contributed by atoms with E-state index in [-0.39, 0.29) is 0 Å². The molecule has 20 heavy (non-hydrogen) atoms. The molecule has 0 bridgehead atoms. The van der Waals surface area contributed by atoms with Crippen molar-refractivity contribution >= 4 is 0 Å². The van der Waals surface area contributed by atoms with Crippen LogP contribution in [0.25, 0.3) is 0 Å². The van der Waals surface area contributed by atoms with Crippen LogP contribution in [0.2, 0.25) is 0 Å². The van der Waals surface area contributed by atoms with Crippen LogP contribution in [0.3, 0.4) is 0 Å². The largest absolute Gasteiger partial charge is 0.493 e. The van der Waals surface area contributed by atoms with Gasteiger partial charge in [-0.1, -0.05) is 24.3 Å². The average molecular weight is 269 g/mol. The highest BCUT2D eigenvalue weighted by Crippen LogP contribution is 2.38. The van der Waals surface area contributed by atoms with Gasteiger partial charge in [-0.05, 0) is 48.9 Å². The van der Waals surface area contributed by atoms with Crippen LogP contribution < -0.4 is 4.74 Å². The highest BCUT2D eigenvalue weighted by molar-refractivity contribution is 5.37. The second-order valence-electron chi connectivity index (χ2n) is 5.38. The Hall–Kier alpha value is -1.87. The van der Waals surface area contributed by atoms with Gasteiger partial charge in [-0.15, -0.1) is 0 Å². The maximum absolute atomic E-state index is 10.4. The number of fused-ring (bicyclic) bond motifs is 1. The minimum atomic E-state index is -0.522. The summed E-state index contributed by atoms with van der Waals surface area (Å²) in [7, 11) is 0. The summed E-state index contributed by atoms with van der Waals surface area (Å²) in [5.74, 6) is 1.28. The number of aliphatic hydroxyl groups is 1. The SMILES string of the molecule is Cc1ccc(C(O)CC2CCOc3ccccc32)nc1. The number of rotatable bonds is 3. The third-order valence-electron chi connectivity index (χ3n) is 3.87. The molecule has 0 saturated carbocycles. The van der Waals surface area contributed by atoms with E-state index in [4.69, 9.17) is 4.74 Å². The van der Waals surface area contributed by atoms with Gasteiger partial charge in [-0.3, -0.25) is 4.98 Å². The molecule has 1 aromatic heterocycles. The van der Waals surface area contributed by atoms with E-state index in [0.717, 1.165) is 30.0 Å². The Bertz CT molecular complexity index is 580. The molecule has 3 nitrogen and oxygen atoms in total. The third kappa shape index (κ3) is 2.68. The first-order chi connectivity index (χ1) is 9.74. The zero-order valence-electron chi connectivity index (χ0n) is 11.6. The molecule has 2 heterocycles. The van der Waals surface area contributed by atoms with E-state index in [1.54, 1.807) is 6.20 Å². The van der Waals surface area contributed by atoms with Crippen molar-refractivity contribution < 1.29 is 9.84 Å². The smallest absolute Gasteiger partial charge is 0.122 e. The predicted molar refractivity (Wildman–Crippen MR) is 77.8 cm³/mol. The van der Waals surface area contributed by atoms with E-state index in [0.29, 0.717) is 12.3 Å². The van der Waals surface area contributed by atoms with Gasteiger partial charge < -0.3 is 9.84 Å². The molecule has 0 aliphatic carbocycles. The molecule has 0 spiro atoms. The van der Waals surface area contributed by atoms with E-state index >= 15 is 0 Å². The number of hydrogen-bond donors (Lipinski definition) is 1. The zero-order valence-corrected chi connectivity index (χ0v) is 11.6. The lowest BCUT2D eigenvalue weighted by molar-refractivity contribution is 0.141. The minimum Gasteiger partial charge on any atom is -0.493 e. The molecule has 3 rings (SSSR count). The Labute approximate surface area is 119 Å². The Morgan fingerprint density at radius 1 is 1.30 bits per heavy atom. The van der Waals surface area contributed by atoms with Crippen LogP contribution >= 0.6 is 0 Å². The van der Waals surface area contributed by atoms with E-state index in [1.807, 2.05) is 37.3 Å². The lowest BCUT2D eigenvalue weighted by Crippen LogP contribution is -2.16. The molecule has 0 saturated heterocycles. The monoisotopic (exact) mass is 269 g/mol. The molecule has 3 heteroatoms. The number of pyridine rings is 1. The Balaban J connectivity index is 1.77. The van der Waals surface area contributed by atoms with Gasteiger partial charge in [-0.25, -0.2) is 0 Å². The van der Waals surface area contributed by atoms with Crippen molar-refractivity contribution in [3.63, 3.8) is 0 Å². The molecule has 2 unspecified atom stereocenters. The van der Waals surface area contributed by atoms with Crippen molar-refractivity contribution in [2.75, 3.05) is 6.61 Å². The van der Waals surface area contributed by atoms with Crippen LogP contribution in [-0.2, 0) is 0 Å². The summed E-state index contributed by atoms with van der Waals surface area (Å²) in [4.78, 5) is 4.32. The summed E-state index contributed by atoms with van der Waals surface area (Å²) >= 11 is 0. The zero-order chi connectivity index (χ0) is 13.9. The molecule has 1 aromatic carbocycles. The van der Waals surface area contributed by atoms with E-state index < -0.39 is 6.10 Å². The van der Waals surface area contributed by atoms with Crippen molar-refractivity contribution in [2.24, 2.45) is 0 Å².